The van der Waals surface area contributed by atoms with Gasteiger partial charge < -0.3 is 5.32 Å². The van der Waals surface area contributed by atoms with Crippen LogP contribution in [0.2, 0.25) is 0 Å². The average Bonchev–Trinajstić information content (AvgIpc) is 2.15. The summed E-state index contributed by atoms with van der Waals surface area (Å²) in [6.07, 6.45) is 0. The molecular weight excluding hydrogens is 138 g/mol. The Morgan fingerprint density at radius 3 is 3.50 bits per heavy atom. The summed E-state index contributed by atoms with van der Waals surface area (Å²) < 4.78 is 0. The molecule has 1 N–H and O–H groups in total. The normalized spacial score (nSPS) is 15.5. The lowest BCUT2D eigenvalue weighted by atomic mass is 10.6. The van der Waals surface area contributed by atoms with Gasteiger partial charge in [0.25, 0.3) is 0 Å². The third-order valence-electron chi connectivity index (χ3n) is 1.09. The zero-order valence-corrected chi connectivity index (χ0v) is 5.81. The van der Waals surface area contributed by atoms with Crippen molar-refractivity contribution in [2.24, 2.45) is 0 Å². The van der Waals surface area contributed by atoms with Crippen LogP contribution in [0.1, 0.15) is 0 Å². The van der Waals surface area contributed by atoms with E-state index in [1.807, 2.05) is 11.8 Å². The Kier molecular flexibility index (Phi) is 0.981. The van der Waals surface area contributed by atoms with Gasteiger partial charge in [0, 0.05) is 4.90 Å². The van der Waals surface area contributed by atoms with Gasteiger partial charge in [-0.1, -0.05) is 0 Å². The Hall–Kier alpha value is -0.150. The quantitative estimate of drug-likeness (QED) is 0.597. The zero-order valence-electron chi connectivity index (χ0n) is 4.18. The van der Waals surface area contributed by atoms with Crippen LogP contribution in [0.3, 0.4) is 0 Å². The SMILES string of the molecule is c1cc2c(s1)NCS2. The van der Waals surface area contributed by atoms with Gasteiger partial charge in [0.2, 0.25) is 0 Å². The van der Waals surface area contributed by atoms with Crippen molar-refractivity contribution in [2.75, 3.05) is 11.2 Å². The monoisotopic (exact) mass is 143 g/mol. The zero-order chi connectivity index (χ0) is 5.40. The Balaban J connectivity index is 2.54. The summed E-state index contributed by atoms with van der Waals surface area (Å²) in [7, 11) is 0. The number of rotatable bonds is 0. The van der Waals surface area contributed by atoms with Crippen molar-refractivity contribution in [3.63, 3.8) is 0 Å². The summed E-state index contributed by atoms with van der Waals surface area (Å²) in [4.78, 5) is 1.41. The maximum absolute atomic E-state index is 3.26. The molecule has 0 atom stereocenters. The molecule has 1 aliphatic heterocycles. The highest BCUT2D eigenvalue weighted by molar-refractivity contribution is 8.00. The summed E-state index contributed by atoms with van der Waals surface area (Å²) >= 11 is 3.65. The number of hydrogen-bond acceptors (Lipinski definition) is 3. The summed E-state index contributed by atoms with van der Waals surface area (Å²) in [5, 5.41) is 6.72. The van der Waals surface area contributed by atoms with Gasteiger partial charge in [0.15, 0.2) is 0 Å². The van der Waals surface area contributed by atoms with E-state index in [9.17, 15) is 0 Å². The number of hydrogen-bond donors (Lipinski definition) is 1. The molecule has 2 heterocycles. The van der Waals surface area contributed by atoms with Crippen LogP contribution < -0.4 is 5.32 Å². The third-order valence-corrected chi connectivity index (χ3v) is 3.03. The average molecular weight is 143 g/mol. The molecule has 8 heavy (non-hydrogen) atoms. The molecule has 42 valence electrons. The van der Waals surface area contributed by atoms with Crippen LogP contribution in [-0.2, 0) is 0 Å². The smallest absolute Gasteiger partial charge is 0.103 e. The first-order valence-corrected chi connectivity index (χ1v) is 4.27. The molecule has 1 nitrogen and oxygen atoms in total. The first-order chi connectivity index (χ1) is 3.97. The second kappa shape index (κ2) is 1.67. The molecule has 1 aromatic heterocycles. The van der Waals surface area contributed by atoms with Gasteiger partial charge in [-0.2, -0.15) is 0 Å². The maximum atomic E-state index is 3.26. The predicted molar refractivity (Wildman–Crippen MR) is 38.7 cm³/mol. The number of thiophene rings is 1. The van der Waals surface area contributed by atoms with Crippen molar-refractivity contribution < 1.29 is 0 Å². The third kappa shape index (κ3) is 0.548. The second-order valence-electron chi connectivity index (χ2n) is 1.58. The van der Waals surface area contributed by atoms with Gasteiger partial charge in [0.05, 0.1) is 5.88 Å². The first kappa shape index (κ1) is 4.70. The van der Waals surface area contributed by atoms with Crippen LogP contribution in [0.5, 0.6) is 0 Å². The van der Waals surface area contributed by atoms with Crippen LogP contribution in [-0.4, -0.2) is 5.88 Å². The molecule has 0 aromatic carbocycles. The van der Waals surface area contributed by atoms with E-state index in [4.69, 9.17) is 0 Å². The van der Waals surface area contributed by atoms with E-state index in [1.54, 1.807) is 11.3 Å². The summed E-state index contributed by atoms with van der Waals surface area (Å²) in [5.74, 6) is 1.06. The lowest BCUT2D eigenvalue weighted by molar-refractivity contribution is 1.52. The Bertz CT molecular complexity index is 176. The molecule has 0 unspecified atom stereocenters. The van der Waals surface area contributed by atoms with Gasteiger partial charge in [-0.3, -0.25) is 0 Å². The molecule has 0 saturated carbocycles. The minimum atomic E-state index is 1.06. The minimum absolute atomic E-state index is 1.06. The summed E-state index contributed by atoms with van der Waals surface area (Å²) in [5.41, 5.74) is 0. The van der Waals surface area contributed by atoms with Gasteiger partial charge in [-0.05, 0) is 11.4 Å². The van der Waals surface area contributed by atoms with E-state index >= 15 is 0 Å². The lowest BCUT2D eigenvalue weighted by Gasteiger charge is -1.84. The largest absolute Gasteiger partial charge is 0.367 e. The topological polar surface area (TPSA) is 12.0 Å². The van der Waals surface area contributed by atoms with E-state index in [2.05, 4.69) is 16.8 Å². The van der Waals surface area contributed by atoms with Crippen LogP contribution in [0.25, 0.3) is 0 Å². The molecule has 0 radical (unpaired) electrons. The van der Waals surface area contributed by atoms with Gasteiger partial charge >= 0.3 is 0 Å². The number of thioether (sulfide) groups is 1. The van der Waals surface area contributed by atoms with Gasteiger partial charge in [0.1, 0.15) is 5.00 Å². The van der Waals surface area contributed by atoms with Crippen molar-refractivity contribution in [3.8, 4) is 0 Å². The van der Waals surface area contributed by atoms with E-state index in [0.717, 1.165) is 5.88 Å². The van der Waals surface area contributed by atoms with Crippen molar-refractivity contribution in [1.29, 1.82) is 0 Å². The highest BCUT2D eigenvalue weighted by Gasteiger charge is 2.09. The number of nitrogens with one attached hydrogen (secondary N) is 1. The molecule has 2 rings (SSSR count). The van der Waals surface area contributed by atoms with Crippen LogP contribution in [0.4, 0.5) is 5.00 Å². The molecule has 1 aliphatic rings. The van der Waals surface area contributed by atoms with Crippen LogP contribution in [0.15, 0.2) is 16.3 Å². The highest BCUT2D eigenvalue weighted by Crippen LogP contribution is 2.37. The fourth-order valence-electron chi connectivity index (χ4n) is 0.719. The molecule has 0 aliphatic carbocycles. The first-order valence-electron chi connectivity index (χ1n) is 2.41. The van der Waals surface area contributed by atoms with E-state index in [1.165, 1.54) is 9.90 Å². The van der Waals surface area contributed by atoms with Crippen molar-refractivity contribution in [1.82, 2.24) is 0 Å². The Morgan fingerprint density at radius 2 is 2.62 bits per heavy atom. The fraction of sp³-hybridized carbons (Fsp3) is 0.200. The Labute approximate surface area is 56.1 Å². The van der Waals surface area contributed by atoms with Crippen molar-refractivity contribution >= 4 is 28.1 Å². The van der Waals surface area contributed by atoms with Crippen molar-refractivity contribution in [3.05, 3.63) is 11.4 Å². The van der Waals surface area contributed by atoms with Crippen molar-refractivity contribution in [2.45, 2.75) is 4.90 Å². The van der Waals surface area contributed by atoms with Crippen LogP contribution >= 0.6 is 23.1 Å². The minimum Gasteiger partial charge on any atom is -0.367 e. The maximum Gasteiger partial charge on any atom is 0.103 e. The molecule has 1 aromatic rings. The number of fused-ring (bicyclic) bond motifs is 1. The number of anilines is 1. The molecule has 0 bridgehead atoms. The fourth-order valence-corrected chi connectivity index (χ4v) is 2.64. The highest BCUT2D eigenvalue weighted by atomic mass is 32.2. The van der Waals surface area contributed by atoms with Crippen LogP contribution in [0, 0.1) is 0 Å². The van der Waals surface area contributed by atoms with Gasteiger partial charge in [-0.15, -0.1) is 23.1 Å². The van der Waals surface area contributed by atoms with E-state index in [0.29, 0.717) is 0 Å². The second-order valence-corrected chi connectivity index (χ2v) is 3.51. The Morgan fingerprint density at radius 1 is 1.62 bits per heavy atom. The molecule has 0 amide bonds. The lowest BCUT2D eigenvalue weighted by Crippen LogP contribution is -1.84. The molecule has 3 heteroatoms. The standard InChI is InChI=1S/C5H5NS2/c1-2-7-5-4(1)8-3-6-5/h1-2,6H,3H2. The molecule has 0 saturated heterocycles. The molecule has 0 spiro atoms. The van der Waals surface area contributed by atoms with E-state index in [-0.39, 0.29) is 0 Å². The molecular formula is C5H5NS2. The predicted octanol–water partition coefficient (Wildman–Crippen LogP) is 2.22. The van der Waals surface area contributed by atoms with Gasteiger partial charge in [-0.25, -0.2) is 0 Å². The molecule has 0 fully saturated rings. The van der Waals surface area contributed by atoms with E-state index < -0.39 is 0 Å². The summed E-state index contributed by atoms with van der Waals surface area (Å²) in [6.45, 7) is 0. The summed E-state index contributed by atoms with van der Waals surface area (Å²) in [6, 6.07) is 2.16.